The lowest BCUT2D eigenvalue weighted by atomic mass is 10.1. The Hall–Kier alpha value is -1.61. The number of fused-ring (bicyclic) bond motifs is 1. The highest BCUT2D eigenvalue weighted by Gasteiger charge is 2.08. The van der Waals surface area contributed by atoms with Crippen LogP contribution in [0.4, 0.5) is 0 Å². The third kappa shape index (κ3) is 1.42. The van der Waals surface area contributed by atoms with Crippen LogP contribution in [0.15, 0.2) is 30.5 Å². The number of benzene rings is 1. The van der Waals surface area contributed by atoms with Crippen molar-refractivity contribution in [2.24, 2.45) is 0 Å². The van der Waals surface area contributed by atoms with Gasteiger partial charge in [-0.2, -0.15) is 0 Å². The molecule has 0 fully saturated rings. The zero-order chi connectivity index (χ0) is 9.97. The Balaban J connectivity index is 2.50. The molecular weight excluding hydrogens is 176 g/mol. The maximum absolute atomic E-state index is 11.7. The van der Waals surface area contributed by atoms with Crippen LogP contribution in [0.3, 0.4) is 0 Å². The van der Waals surface area contributed by atoms with E-state index in [1.807, 2.05) is 30.5 Å². The van der Waals surface area contributed by atoms with Crippen molar-refractivity contribution in [3.05, 3.63) is 36.0 Å². The van der Waals surface area contributed by atoms with Crippen molar-refractivity contribution in [3.8, 4) is 0 Å². The summed E-state index contributed by atoms with van der Waals surface area (Å²) in [6.07, 6.45) is 1.85. The maximum atomic E-state index is 11.7. The molecule has 72 valence electrons. The van der Waals surface area contributed by atoms with Crippen LogP contribution in [0.25, 0.3) is 10.9 Å². The van der Waals surface area contributed by atoms with Crippen LogP contribution in [-0.2, 0) is 0 Å². The highest BCUT2D eigenvalue weighted by Crippen LogP contribution is 2.16. The van der Waals surface area contributed by atoms with Crippen LogP contribution in [-0.4, -0.2) is 24.4 Å². The van der Waals surface area contributed by atoms with Gasteiger partial charge in [-0.25, -0.2) is 0 Å². The van der Waals surface area contributed by atoms with Crippen LogP contribution in [0.1, 0.15) is 10.4 Å². The molecule has 1 aromatic heterocycles. The molecule has 0 aliphatic heterocycles. The minimum Gasteiger partial charge on any atom is -0.361 e. The molecule has 2 aromatic rings. The Labute approximate surface area is 82.1 Å². The number of carbonyl (C=O) groups is 1. The molecule has 3 heteroatoms. The van der Waals surface area contributed by atoms with E-state index >= 15 is 0 Å². The third-order valence-electron chi connectivity index (χ3n) is 2.22. The van der Waals surface area contributed by atoms with Gasteiger partial charge in [0.15, 0.2) is 5.78 Å². The highest BCUT2D eigenvalue weighted by atomic mass is 16.1. The molecule has 0 bridgehead atoms. The third-order valence-corrected chi connectivity index (χ3v) is 2.22. The van der Waals surface area contributed by atoms with Crippen molar-refractivity contribution >= 4 is 16.7 Å². The van der Waals surface area contributed by atoms with Crippen LogP contribution in [0.2, 0.25) is 0 Å². The number of ketones is 1. The van der Waals surface area contributed by atoms with E-state index < -0.39 is 0 Å². The Morgan fingerprint density at radius 2 is 2.29 bits per heavy atom. The molecule has 0 amide bonds. The smallest absolute Gasteiger partial charge is 0.178 e. The SMILES string of the molecule is CNCC(=O)c1cccc2cc[nH]c12. The summed E-state index contributed by atoms with van der Waals surface area (Å²) in [5.41, 5.74) is 1.68. The fraction of sp³-hybridized carbons (Fsp3) is 0.182. The zero-order valence-corrected chi connectivity index (χ0v) is 8.00. The van der Waals surface area contributed by atoms with E-state index in [0.717, 1.165) is 16.5 Å². The molecule has 0 aliphatic carbocycles. The van der Waals surface area contributed by atoms with Gasteiger partial charge in [0.25, 0.3) is 0 Å². The first-order chi connectivity index (χ1) is 6.83. The van der Waals surface area contributed by atoms with Gasteiger partial charge in [-0.1, -0.05) is 12.1 Å². The number of carbonyl (C=O) groups excluding carboxylic acids is 1. The Morgan fingerprint density at radius 1 is 1.43 bits per heavy atom. The monoisotopic (exact) mass is 188 g/mol. The quantitative estimate of drug-likeness (QED) is 0.718. The van der Waals surface area contributed by atoms with Crippen molar-refractivity contribution in [1.82, 2.24) is 10.3 Å². The second-order valence-electron chi connectivity index (χ2n) is 3.20. The van der Waals surface area contributed by atoms with Gasteiger partial charge in [0.05, 0.1) is 12.1 Å². The van der Waals surface area contributed by atoms with Gasteiger partial charge in [-0.3, -0.25) is 4.79 Å². The average Bonchev–Trinajstić information content (AvgIpc) is 2.65. The van der Waals surface area contributed by atoms with E-state index in [1.54, 1.807) is 7.05 Å². The molecule has 1 heterocycles. The first kappa shape index (κ1) is 8.97. The summed E-state index contributed by atoms with van der Waals surface area (Å²) in [5.74, 6) is 0.112. The number of nitrogens with one attached hydrogen (secondary N) is 2. The summed E-state index contributed by atoms with van der Waals surface area (Å²) < 4.78 is 0. The summed E-state index contributed by atoms with van der Waals surface area (Å²) in [7, 11) is 1.77. The van der Waals surface area contributed by atoms with Gasteiger partial charge in [0.1, 0.15) is 0 Å². The maximum Gasteiger partial charge on any atom is 0.178 e. The van der Waals surface area contributed by atoms with Crippen molar-refractivity contribution in [2.75, 3.05) is 13.6 Å². The first-order valence-corrected chi connectivity index (χ1v) is 4.57. The lowest BCUT2D eigenvalue weighted by Gasteiger charge is -2.01. The van der Waals surface area contributed by atoms with Gasteiger partial charge in [0, 0.05) is 17.1 Å². The molecule has 0 saturated carbocycles. The molecule has 0 aliphatic rings. The van der Waals surface area contributed by atoms with E-state index in [2.05, 4.69) is 10.3 Å². The summed E-state index contributed by atoms with van der Waals surface area (Å²) in [6.45, 7) is 0.373. The molecule has 0 spiro atoms. The predicted molar refractivity (Wildman–Crippen MR) is 56.6 cm³/mol. The number of rotatable bonds is 3. The standard InChI is InChI=1S/C11H12N2O/c1-12-7-10(14)9-4-2-3-8-5-6-13-11(8)9/h2-6,12-13H,7H2,1H3. The van der Waals surface area contributed by atoms with Crippen molar-refractivity contribution < 1.29 is 4.79 Å². The van der Waals surface area contributed by atoms with Gasteiger partial charge in [-0.05, 0) is 19.2 Å². The molecular formula is C11H12N2O. The van der Waals surface area contributed by atoms with Gasteiger partial charge in [0.2, 0.25) is 0 Å². The van der Waals surface area contributed by atoms with Gasteiger partial charge < -0.3 is 10.3 Å². The molecule has 1 aromatic carbocycles. The van der Waals surface area contributed by atoms with E-state index in [4.69, 9.17) is 0 Å². The van der Waals surface area contributed by atoms with Crippen LogP contribution < -0.4 is 5.32 Å². The zero-order valence-electron chi connectivity index (χ0n) is 8.00. The number of H-pyrrole nitrogens is 1. The summed E-state index contributed by atoms with van der Waals surface area (Å²) in [6, 6.07) is 7.70. The largest absolute Gasteiger partial charge is 0.361 e. The van der Waals surface area contributed by atoms with Gasteiger partial charge in [-0.15, -0.1) is 0 Å². The molecule has 0 saturated heterocycles. The molecule has 3 nitrogen and oxygen atoms in total. The summed E-state index contributed by atoms with van der Waals surface area (Å²) in [5, 5.41) is 3.94. The number of hydrogen-bond donors (Lipinski definition) is 2. The molecule has 0 radical (unpaired) electrons. The number of hydrogen-bond acceptors (Lipinski definition) is 2. The number of aromatic nitrogens is 1. The van der Waals surface area contributed by atoms with Crippen LogP contribution in [0, 0.1) is 0 Å². The summed E-state index contributed by atoms with van der Waals surface area (Å²) >= 11 is 0. The van der Waals surface area contributed by atoms with E-state index in [0.29, 0.717) is 6.54 Å². The van der Waals surface area contributed by atoms with Gasteiger partial charge >= 0.3 is 0 Å². The van der Waals surface area contributed by atoms with Crippen LogP contribution in [0.5, 0.6) is 0 Å². The average molecular weight is 188 g/mol. The Kier molecular flexibility index (Phi) is 2.33. The number of Topliss-reactive ketones (excluding diaryl/α,β-unsaturated/α-hetero) is 1. The van der Waals surface area contributed by atoms with E-state index in [-0.39, 0.29) is 5.78 Å². The van der Waals surface area contributed by atoms with Crippen molar-refractivity contribution in [1.29, 1.82) is 0 Å². The number of aromatic amines is 1. The second-order valence-corrected chi connectivity index (χ2v) is 3.20. The Bertz CT molecular complexity index is 459. The first-order valence-electron chi connectivity index (χ1n) is 4.57. The van der Waals surface area contributed by atoms with Crippen molar-refractivity contribution in [2.45, 2.75) is 0 Å². The fourth-order valence-electron chi connectivity index (χ4n) is 1.57. The van der Waals surface area contributed by atoms with Crippen LogP contribution >= 0.6 is 0 Å². The minimum absolute atomic E-state index is 0.112. The lowest BCUT2D eigenvalue weighted by Crippen LogP contribution is -2.18. The lowest BCUT2D eigenvalue weighted by molar-refractivity contribution is 0.0995. The summed E-state index contributed by atoms with van der Waals surface area (Å²) in [4.78, 5) is 14.8. The highest BCUT2D eigenvalue weighted by molar-refractivity contribution is 6.07. The second kappa shape index (κ2) is 3.64. The number of para-hydroxylation sites is 1. The molecule has 2 N–H and O–H groups in total. The Morgan fingerprint density at radius 3 is 3.07 bits per heavy atom. The molecule has 0 unspecified atom stereocenters. The topological polar surface area (TPSA) is 44.9 Å². The predicted octanol–water partition coefficient (Wildman–Crippen LogP) is 1.57. The molecule has 0 atom stereocenters. The minimum atomic E-state index is 0.112. The molecule has 14 heavy (non-hydrogen) atoms. The fourth-order valence-corrected chi connectivity index (χ4v) is 1.57. The molecule has 2 rings (SSSR count). The van der Waals surface area contributed by atoms with E-state index in [9.17, 15) is 4.79 Å². The van der Waals surface area contributed by atoms with E-state index in [1.165, 1.54) is 0 Å². The normalized spacial score (nSPS) is 10.6. The number of likely N-dealkylation sites (N-methyl/N-ethyl adjacent to an activating group) is 1. The van der Waals surface area contributed by atoms with Crippen molar-refractivity contribution in [3.63, 3.8) is 0 Å².